The number of likely N-dealkylation sites (N-methyl/N-ethyl adjacent to an activating group) is 1. The predicted octanol–water partition coefficient (Wildman–Crippen LogP) is 1.56. The highest BCUT2D eigenvalue weighted by molar-refractivity contribution is 5.95. The fraction of sp³-hybridized carbons (Fsp3) is 0.600. The second-order valence-electron chi connectivity index (χ2n) is 5.25. The molecule has 0 aliphatic rings. The van der Waals surface area contributed by atoms with Gasteiger partial charge in [-0.25, -0.2) is 10.8 Å². The monoisotopic (exact) mass is 293 g/mol. The zero-order valence-corrected chi connectivity index (χ0v) is 13.4. The molecule has 0 bridgehead atoms. The average molecular weight is 293 g/mol. The van der Waals surface area contributed by atoms with Gasteiger partial charge < -0.3 is 15.6 Å². The maximum atomic E-state index is 12.2. The second kappa shape index (κ2) is 8.59. The number of carbonyl (C=O) groups is 1. The van der Waals surface area contributed by atoms with E-state index in [1.165, 1.54) is 0 Å². The molecule has 1 rings (SSSR count). The van der Waals surface area contributed by atoms with E-state index in [1.54, 1.807) is 6.07 Å². The number of anilines is 1. The van der Waals surface area contributed by atoms with Gasteiger partial charge in [0, 0.05) is 24.3 Å². The molecule has 0 aliphatic heterocycles. The summed E-state index contributed by atoms with van der Waals surface area (Å²) in [6, 6.07) is 3.48. The lowest BCUT2D eigenvalue weighted by Gasteiger charge is -2.18. The highest BCUT2D eigenvalue weighted by Crippen LogP contribution is 2.17. The van der Waals surface area contributed by atoms with Crippen LogP contribution in [0.25, 0.3) is 0 Å². The van der Waals surface area contributed by atoms with Crippen molar-refractivity contribution >= 4 is 11.7 Å². The summed E-state index contributed by atoms with van der Waals surface area (Å²) in [4.78, 5) is 18.8. The van der Waals surface area contributed by atoms with E-state index in [2.05, 4.69) is 34.5 Å². The van der Waals surface area contributed by atoms with Gasteiger partial charge in [-0.2, -0.15) is 0 Å². The Balaban J connectivity index is 2.71. The lowest BCUT2D eigenvalue weighted by atomic mass is 10.1. The highest BCUT2D eigenvalue weighted by Gasteiger charge is 2.11. The van der Waals surface area contributed by atoms with Gasteiger partial charge in [-0.1, -0.05) is 27.7 Å². The van der Waals surface area contributed by atoms with Gasteiger partial charge in [-0.3, -0.25) is 4.79 Å². The number of amides is 1. The molecule has 0 atom stereocenters. The largest absolute Gasteiger partial charge is 0.351 e. The molecule has 1 heterocycles. The van der Waals surface area contributed by atoms with Crippen LogP contribution in [0.3, 0.4) is 0 Å². The molecule has 0 spiro atoms. The van der Waals surface area contributed by atoms with Crippen LogP contribution in [0.15, 0.2) is 12.1 Å². The van der Waals surface area contributed by atoms with Crippen molar-refractivity contribution in [2.24, 2.45) is 5.84 Å². The van der Waals surface area contributed by atoms with Crippen LogP contribution >= 0.6 is 0 Å². The molecule has 1 aromatic rings. The topological polar surface area (TPSA) is 83.3 Å². The Bertz CT molecular complexity index is 457. The first-order valence-corrected chi connectivity index (χ1v) is 7.50. The van der Waals surface area contributed by atoms with Crippen molar-refractivity contribution < 1.29 is 4.79 Å². The summed E-state index contributed by atoms with van der Waals surface area (Å²) in [5, 5.41) is 2.94. The number of hydrogen-bond acceptors (Lipinski definition) is 5. The molecule has 6 nitrogen and oxygen atoms in total. The number of aromatic nitrogens is 1. The first-order chi connectivity index (χ1) is 10.0. The van der Waals surface area contributed by atoms with Gasteiger partial charge in [0.2, 0.25) is 0 Å². The molecule has 0 unspecified atom stereocenters. The van der Waals surface area contributed by atoms with E-state index in [-0.39, 0.29) is 11.8 Å². The number of pyridine rings is 1. The van der Waals surface area contributed by atoms with Crippen molar-refractivity contribution in [1.29, 1.82) is 0 Å². The van der Waals surface area contributed by atoms with E-state index in [0.717, 1.165) is 25.3 Å². The Morgan fingerprint density at radius 1 is 1.33 bits per heavy atom. The molecule has 1 aromatic heterocycles. The van der Waals surface area contributed by atoms with Gasteiger partial charge in [0.05, 0.1) is 0 Å². The summed E-state index contributed by atoms with van der Waals surface area (Å²) >= 11 is 0. The normalized spacial score (nSPS) is 11.0. The SMILES string of the molecule is CCN(CC)CCNC(=O)c1cc(NN)nc(C(C)C)c1. The number of rotatable bonds is 8. The number of hydrogen-bond donors (Lipinski definition) is 3. The first-order valence-electron chi connectivity index (χ1n) is 7.50. The third-order valence-corrected chi connectivity index (χ3v) is 3.45. The standard InChI is InChI=1S/C15H27N5O/c1-5-20(6-2)8-7-17-15(21)12-9-13(11(3)4)18-14(10-12)19-16/h9-11H,5-8,16H2,1-4H3,(H,17,21)(H,18,19). The molecule has 0 aromatic carbocycles. The van der Waals surface area contributed by atoms with Crippen LogP contribution in [-0.4, -0.2) is 42.0 Å². The average Bonchev–Trinajstić information content (AvgIpc) is 2.50. The van der Waals surface area contributed by atoms with Crippen LogP contribution in [0, 0.1) is 0 Å². The summed E-state index contributed by atoms with van der Waals surface area (Å²) in [5.74, 6) is 6.06. The van der Waals surface area contributed by atoms with Gasteiger partial charge in [0.25, 0.3) is 5.91 Å². The molecule has 0 aliphatic carbocycles. The molecule has 0 radical (unpaired) electrons. The van der Waals surface area contributed by atoms with Gasteiger partial charge in [0.1, 0.15) is 5.82 Å². The van der Waals surface area contributed by atoms with Gasteiger partial charge in [-0.15, -0.1) is 0 Å². The molecule has 0 saturated heterocycles. The minimum Gasteiger partial charge on any atom is -0.351 e. The summed E-state index contributed by atoms with van der Waals surface area (Å²) in [6.45, 7) is 11.7. The maximum absolute atomic E-state index is 12.2. The van der Waals surface area contributed by atoms with Crippen LogP contribution in [0.2, 0.25) is 0 Å². The minimum absolute atomic E-state index is 0.0945. The fourth-order valence-corrected chi connectivity index (χ4v) is 2.02. The fourth-order valence-electron chi connectivity index (χ4n) is 2.02. The molecule has 118 valence electrons. The van der Waals surface area contributed by atoms with Crippen molar-refractivity contribution in [1.82, 2.24) is 15.2 Å². The number of hydrazine groups is 1. The first kappa shape index (κ1) is 17.4. The molecule has 0 fully saturated rings. The maximum Gasteiger partial charge on any atom is 0.251 e. The second-order valence-corrected chi connectivity index (χ2v) is 5.25. The van der Waals surface area contributed by atoms with E-state index >= 15 is 0 Å². The van der Waals surface area contributed by atoms with Crippen molar-refractivity contribution in [2.75, 3.05) is 31.6 Å². The van der Waals surface area contributed by atoms with Gasteiger partial charge in [-0.05, 0) is 31.1 Å². The molecule has 1 amide bonds. The Labute approximate surface area is 127 Å². The Morgan fingerprint density at radius 3 is 2.52 bits per heavy atom. The zero-order chi connectivity index (χ0) is 15.8. The third-order valence-electron chi connectivity index (χ3n) is 3.45. The smallest absolute Gasteiger partial charge is 0.251 e. The van der Waals surface area contributed by atoms with Crippen molar-refractivity contribution in [3.63, 3.8) is 0 Å². The molecule has 0 saturated carbocycles. The van der Waals surface area contributed by atoms with Crippen LogP contribution in [0.4, 0.5) is 5.82 Å². The van der Waals surface area contributed by atoms with Crippen molar-refractivity contribution in [3.05, 3.63) is 23.4 Å². The Morgan fingerprint density at radius 2 is 2.00 bits per heavy atom. The van der Waals surface area contributed by atoms with Gasteiger partial charge >= 0.3 is 0 Å². The van der Waals surface area contributed by atoms with E-state index < -0.39 is 0 Å². The lowest BCUT2D eigenvalue weighted by molar-refractivity contribution is 0.0948. The summed E-state index contributed by atoms with van der Waals surface area (Å²) in [6.07, 6.45) is 0. The van der Waals surface area contributed by atoms with E-state index in [9.17, 15) is 4.79 Å². The van der Waals surface area contributed by atoms with E-state index in [4.69, 9.17) is 5.84 Å². The molecule has 6 heteroatoms. The quantitative estimate of drug-likeness (QED) is 0.500. The number of nitrogens with zero attached hydrogens (tertiary/aromatic N) is 2. The van der Waals surface area contributed by atoms with Crippen LogP contribution < -0.4 is 16.6 Å². The summed E-state index contributed by atoms with van der Waals surface area (Å²) < 4.78 is 0. The zero-order valence-electron chi connectivity index (χ0n) is 13.4. The van der Waals surface area contributed by atoms with Crippen LogP contribution in [0.5, 0.6) is 0 Å². The molecule has 21 heavy (non-hydrogen) atoms. The van der Waals surface area contributed by atoms with E-state index in [0.29, 0.717) is 17.9 Å². The predicted molar refractivity (Wildman–Crippen MR) is 86.3 cm³/mol. The molecule has 4 N–H and O–H groups in total. The molecular weight excluding hydrogens is 266 g/mol. The van der Waals surface area contributed by atoms with Crippen LogP contribution in [0.1, 0.15) is 49.7 Å². The number of nitrogens with two attached hydrogens (primary N) is 1. The summed E-state index contributed by atoms with van der Waals surface area (Å²) in [5.41, 5.74) is 3.94. The highest BCUT2D eigenvalue weighted by atomic mass is 16.1. The van der Waals surface area contributed by atoms with Crippen LogP contribution in [-0.2, 0) is 0 Å². The number of nitrogen functional groups attached to an aromatic ring is 1. The van der Waals surface area contributed by atoms with E-state index in [1.807, 2.05) is 19.9 Å². The minimum atomic E-state index is -0.0945. The number of carbonyl (C=O) groups excluding carboxylic acids is 1. The Kier molecular flexibility index (Phi) is 7.11. The van der Waals surface area contributed by atoms with Gasteiger partial charge in [0.15, 0.2) is 0 Å². The lowest BCUT2D eigenvalue weighted by Crippen LogP contribution is -2.34. The number of nitrogens with one attached hydrogen (secondary N) is 2. The molecular formula is C15H27N5O. The van der Waals surface area contributed by atoms with Crippen molar-refractivity contribution in [3.8, 4) is 0 Å². The third kappa shape index (κ3) is 5.32. The Hall–Kier alpha value is -1.66. The summed E-state index contributed by atoms with van der Waals surface area (Å²) in [7, 11) is 0. The van der Waals surface area contributed by atoms with Crippen molar-refractivity contribution in [2.45, 2.75) is 33.6 Å².